The molecule has 164 valence electrons. The third kappa shape index (κ3) is 5.24. The van der Waals surface area contributed by atoms with Crippen LogP contribution in [-0.4, -0.2) is 29.2 Å². The fraction of sp³-hybridized carbons (Fsp3) is 0.240. The van der Waals surface area contributed by atoms with Crippen LogP contribution in [0.15, 0.2) is 71.1 Å². The molecule has 0 aliphatic rings. The lowest BCUT2D eigenvalue weighted by Crippen LogP contribution is -2.27. The number of oxazole rings is 1. The number of rotatable bonds is 8. The smallest absolute Gasteiger partial charge is 0.412 e. The minimum atomic E-state index is -0.555. The molecule has 2 aromatic carbocycles. The van der Waals surface area contributed by atoms with Crippen molar-refractivity contribution in [3.05, 3.63) is 83.7 Å². The Morgan fingerprint density at radius 2 is 1.72 bits per heavy atom. The number of amides is 1. The van der Waals surface area contributed by atoms with Gasteiger partial charge in [-0.05, 0) is 24.5 Å². The van der Waals surface area contributed by atoms with Crippen LogP contribution >= 0.6 is 0 Å². The Hall–Kier alpha value is -3.87. The fourth-order valence-corrected chi connectivity index (χ4v) is 3.55. The standard InChI is InChI=1S/C25H26N4O3/c1-3-31-25(30)28-22-16-21-23(26-18(2)32-21)24(27-22)29(17-20-12-8-5-9-13-20)15-14-19-10-6-4-7-11-19/h4-13,16H,3,14-15,17H2,1-2H3,(H,27,28,30). The number of carbonyl (C=O) groups excluding carboxylic acids is 1. The lowest BCUT2D eigenvalue weighted by atomic mass is 10.1. The maximum Gasteiger partial charge on any atom is 0.412 e. The topological polar surface area (TPSA) is 80.5 Å². The number of nitrogens with one attached hydrogen (secondary N) is 1. The molecule has 0 spiro atoms. The van der Waals surface area contributed by atoms with Crippen LogP contribution in [0.2, 0.25) is 0 Å². The molecule has 0 saturated heterocycles. The summed E-state index contributed by atoms with van der Waals surface area (Å²) < 4.78 is 10.8. The van der Waals surface area contributed by atoms with E-state index >= 15 is 0 Å². The van der Waals surface area contributed by atoms with Crippen LogP contribution in [0.3, 0.4) is 0 Å². The second kappa shape index (κ2) is 9.96. The van der Waals surface area contributed by atoms with Gasteiger partial charge in [-0.25, -0.2) is 14.8 Å². The number of fused-ring (bicyclic) bond motifs is 1. The average molecular weight is 431 g/mol. The number of anilines is 2. The molecule has 0 atom stereocenters. The van der Waals surface area contributed by atoms with Gasteiger partial charge in [-0.1, -0.05) is 60.7 Å². The lowest BCUT2D eigenvalue weighted by Gasteiger charge is -2.24. The van der Waals surface area contributed by atoms with Gasteiger partial charge in [0, 0.05) is 26.1 Å². The van der Waals surface area contributed by atoms with E-state index in [-0.39, 0.29) is 6.61 Å². The van der Waals surface area contributed by atoms with Gasteiger partial charge >= 0.3 is 6.09 Å². The molecule has 0 unspecified atom stereocenters. The number of pyridine rings is 1. The van der Waals surface area contributed by atoms with E-state index in [1.165, 1.54) is 5.56 Å². The van der Waals surface area contributed by atoms with Gasteiger partial charge in [-0.15, -0.1) is 0 Å². The normalized spacial score (nSPS) is 10.8. The SMILES string of the molecule is CCOC(=O)Nc1cc2oc(C)nc2c(N(CCc2ccccc2)Cc2ccccc2)n1. The number of hydrogen-bond donors (Lipinski definition) is 1. The highest BCUT2D eigenvalue weighted by Gasteiger charge is 2.19. The van der Waals surface area contributed by atoms with E-state index in [4.69, 9.17) is 14.1 Å². The summed E-state index contributed by atoms with van der Waals surface area (Å²) in [6, 6.07) is 22.2. The monoisotopic (exact) mass is 430 g/mol. The van der Waals surface area contributed by atoms with Crippen molar-refractivity contribution in [3.63, 3.8) is 0 Å². The first kappa shape index (κ1) is 21.4. The summed E-state index contributed by atoms with van der Waals surface area (Å²) in [4.78, 5) is 23.5. The Morgan fingerprint density at radius 3 is 2.41 bits per heavy atom. The van der Waals surface area contributed by atoms with Crippen LogP contribution in [0.4, 0.5) is 16.4 Å². The highest BCUT2D eigenvalue weighted by molar-refractivity contribution is 5.91. The third-order valence-corrected chi connectivity index (χ3v) is 5.00. The van der Waals surface area contributed by atoms with E-state index < -0.39 is 6.09 Å². The highest BCUT2D eigenvalue weighted by Crippen LogP contribution is 2.29. The van der Waals surface area contributed by atoms with Gasteiger partial charge in [0.2, 0.25) is 0 Å². The van der Waals surface area contributed by atoms with Gasteiger partial charge in [0.05, 0.1) is 6.61 Å². The summed E-state index contributed by atoms with van der Waals surface area (Å²) >= 11 is 0. The van der Waals surface area contributed by atoms with E-state index in [1.54, 1.807) is 19.9 Å². The quantitative estimate of drug-likeness (QED) is 0.406. The van der Waals surface area contributed by atoms with E-state index in [0.717, 1.165) is 18.5 Å². The molecular weight excluding hydrogens is 404 g/mol. The zero-order valence-electron chi connectivity index (χ0n) is 18.2. The first-order valence-corrected chi connectivity index (χ1v) is 10.7. The zero-order chi connectivity index (χ0) is 22.3. The summed E-state index contributed by atoms with van der Waals surface area (Å²) in [6.07, 6.45) is 0.281. The van der Waals surface area contributed by atoms with Crippen molar-refractivity contribution in [2.75, 3.05) is 23.4 Å². The third-order valence-electron chi connectivity index (χ3n) is 5.00. The van der Waals surface area contributed by atoms with Crippen molar-refractivity contribution in [3.8, 4) is 0 Å². The van der Waals surface area contributed by atoms with Gasteiger partial charge in [0.1, 0.15) is 5.82 Å². The maximum absolute atomic E-state index is 12.0. The summed E-state index contributed by atoms with van der Waals surface area (Å²) in [7, 11) is 0. The summed E-state index contributed by atoms with van der Waals surface area (Å²) in [5, 5.41) is 2.69. The van der Waals surface area contributed by atoms with Gasteiger partial charge in [-0.3, -0.25) is 5.32 Å². The number of aromatic nitrogens is 2. The molecule has 4 rings (SSSR count). The molecule has 0 radical (unpaired) electrons. The molecule has 0 bridgehead atoms. The number of nitrogens with zero attached hydrogens (tertiary/aromatic N) is 3. The van der Waals surface area contributed by atoms with Crippen LogP contribution in [0, 0.1) is 6.92 Å². The van der Waals surface area contributed by atoms with E-state index in [1.807, 2.05) is 36.4 Å². The number of benzene rings is 2. The van der Waals surface area contributed by atoms with Gasteiger partial charge in [0.25, 0.3) is 0 Å². The molecule has 1 amide bonds. The minimum Gasteiger partial charge on any atom is -0.450 e. The lowest BCUT2D eigenvalue weighted by molar-refractivity contribution is 0.168. The largest absolute Gasteiger partial charge is 0.450 e. The molecule has 4 aromatic rings. The molecule has 1 N–H and O–H groups in total. The average Bonchev–Trinajstić information content (AvgIpc) is 3.17. The first-order valence-electron chi connectivity index (χ1n) is 10.7. The van der Waals surface area contributed by atoms with Crippen molar-refractivity contribution in [1.29, 1.82) is 0 Å². The molecule has 32 heavy (non-hydrogen) atoms. The maximum atomic E-state index is 12.0. The molecule has 7 nitrogen and oxygen atoms in total. The summed E-state index contributed by atoms with van der Waals surface area (Å²) in [5.74, 6) is 1.56. The van der Waals surface area contributed by atoms with Gasteiger partial charge in [-0.2, -0.15) is 0 Å². The zero-order valence-corrected chi connectivity index (χ0v) is 18.2. The number of hydrogen-bond acceptors (Lipinski definition) is 6. The second-order valence-electron chi connectivity index (χ2n) is 7.40. The molecular formula is C25H26N4O3. The van der Waals surface area contributed by atoms with E-state index in [2.05, 4.69) is 39.5 Å². The fourth-order valence-electron chi connectivity index (χ4n) is 3.55. The molecule has 0 aliphatic heterocycles. The van der Waals surface area contributed by atoms with Crippen molar-refractivity contribution in [2.24, 2.45) is 0 Å². The second-order valence-corrected chi connectivity index (χ2v) is 7.40. The van der Waals surface area contributed by atoms with Crippen molar-refractivity contribution in [1.82, 2.24) is 9.97 Å². The highest BCUT2D eigenvalue weighted by atomic mass is 16.5. The van der Waals surface area contributed by atoms with Crippen LogP contribution in [0.1, 0.15) is 23.9 Å². The predicted octanol–water partition coefficient (Wildman–Crippen LogP) is 5.35. The number of aryl methyl sites for hydroxylation is 1. The van der Waals surface area contributed by atoms with Crippen LogP contribution in [-0.2, 0) is 17.7 Å². The Morgan fingerprint density at radius 1 is 1.03 bits per heavy atom. The molecule has 2 aromatic heterocycles. The summed E-state index contributed by atoms with van der Waals surface area (Å²) in [6.45, 7) is 5.19. The molecule has 0 fully saturated rings. The molecule has 2 heterocycles. The first-order chi connectivity index (χ1) is 15.6. The minimum absolute atomic E-state index is 0.277. The van der Waals surface area contributed by atoms with Crippen LogP contribution < -0.4 is 10.2 Å². The van der Waals surface area contributed by atoms with E-state index in [0.29, 0.717) is 35.2 Å². The molecule has 0 aliphatic carbocycles. The predicted molar refractivity (Wildman–Crippen MR) is 125 cm³/mol. The Labute approximate surface area is 187 Å². The van der Waals surface area contributed by atoms with Gasteiger partial charge < -0.3 is 14.1 Å². The Balaban J connectivity index is 1.71. The van der Waals surface area contributed by atoms with Crippen LogP contribution in [0.25, 0.3) is 11.1 Å². The number of carbonyl (C=O) groups is 1. The molecule has 7 heteroatoms. The van der Waals surface area contributed by atoms with Crippen LogP contribution in [0.5, 0.6) is 0 Å². The number of ether oxygens (including phenoxy) is 1. The molecule has 0 saturated carbocycles. The Bertz CT molecular complexity index is 1180. The Kier molecular flexibility index (Phi) is 6.65. The van der Waals surface area contributed by atoms with Crippen molar-refractivity contribution < 1.29 is 13.9 Å². The van der Waals surface area contributed by atoms with Crippen molar-refractivity contribution >= 4 is 28.8 Å². The summed E-state index contributed by atoms with van der Waals surface area (Å²) in [5.41, 5.74) is 3.62. The van der Waals surface area contributed by atoms with Crippen molar-refractivity contribution in [2.45, 2.75) is 26.8 Å². The van der Waals surface area contributed by atoms with Gasteiger partial charge in [0.15, 0.2) is 22.8 Å². The van der Waals surface area contributed by atoms with E-state index in [9.17, 15) is 4.79 Å².